The summed E-state index contributed by atoms with van der Waals surface area (Å²) in [5.41, 5.74) is 0. The van der Waals surface area contributed by atoms with Crippen LogP contribution in [0.5, 0.6) is 0 Å². The van der Waals surface area contributed by atoms with Gasteiger partial charge >= 0.3 is 5.97 Å². The van der Waals surface area contributed by atoms with Crippen molar-refractivity contribution in [3.63, 3.8) is 0 Å². The molecule has 18 heavy (non-hydrogen) atoms. The standard InChI is InChI=1S/C13H17NO3S/c1-9-2-4-11(18-9)13(17)14-7-6-10(8-14)3-5-12(15)16/h2,4,10H,3,5-8H2,1H3,(H,15,16). The van der Waals surface area contributed by atoms with Crippen LogP contribution in [0, 0.1) is 12.8 Å². The number of aliphatic carboxylic acids is 1. The fraction of sp³-hybridized carbons (Fsp3) is 0.538. The molecule has 5 heteroatoms. The Bertz CT molecular complexity index is 455. The quantitative estimate of drug-likeness (QED) is 0.911. The third kappa shape index (κ3) is 3.10. The zero-order valence-electron chi connectivity index (χ0n) is 10.4. The molecule has 1 fully saturated rings. The second-order valence-corrected chi connectivity index (χ2v) is 6.04. The van der Waals surface area contributed by atoms with E-state index >= 15 is 0 Å². The van der Waals surface area contributed by atoms with Gasteiger partial charge in [-0.2, -0.15) is 0 Å². The van der Waals surface area contributed by atoms with E-state index in [4.69, 9.17) is 5.11 Å². The van der Waals surface area contributed by atoms with Crippen LogP contribution in [0.3, 0.4) is 0 Å². The van der Waals surface area contributed by atoms with Gasteiger partial charge in [-0.05, 0) is 37.8 Å². The number of carboxylic acids is 1. The molecule has 1 atom stereocenters. The molecule has 4 nitrogen and oxygen atoms in total. The highest BCUT2D eigenvalue weighted by atomic mass is 32.1. The van der Waals surface area contributed by atoms with Gasteiger partial charge in [0.15, 0.2) is 0 Å². The molecule has 0 bridgehead atoms. The number of carbonyl (C=O) groups excluding carboxylic acids is 1. The molecule has 0 spiro atoms. The number of rotatable bonds is 4. The molecule has 98 valence electrons. The second-order valence-electron chi connectivity index (χ2n) is 4.75. The lowest BCUT2D eigenvalue weighted by molar-refractivity contribution is -0.137. The van der Waals surface area contributed by atoms with Crippen molar-refractivity contribution in [2.24, 2.45) is 5.92 Å². The fourth-order valence-corrected chi connectivity index (χ4v) is 3.12. The number of thiophene rings is 1. The molecule has 0 aromatic carbocycles. The van der Waals surface area contributed by atoms with Crippen LogP contribution in [0.1, 0.15) is 33.8 Å². The summed E-state index contributed by atoms with van der Waals surface area (Å²) < 4.78 is 0. The highest BCUT2D eigenvalue weighted by Gasteiger charge is 2.27. The van der Waals surface area contributed by atoms with E-state index in [1.165, 1.54) is 11.3 Å². The maximum atomic E-state index is 12.2. The first kappa shape index (κ1) is 13.1. The van der Waals surface area contributed by atoms with Gasteiger partial charge in [0.1, 0.15) is 0 Å². The minimum Gasteiger partial charge on any atom is -0.481 e. The minimum absolute atomic E-state index is 0.0888. The summed E-state index contributed by atoms with van der Waals surface area (Å²) in [5, 5.41) is 8.65. The Morgan fingerprint density at radius 2 is 2.28 bits per heavy atom. The number of nitrogens with zero attached hydrogens (tertiary/aromatic N) is 1. The van der Waals surface area contributed by atoms with Gasteiger partial charge in [-0.25, -0.2) is 0 Å². The Morgan fingerprint density at radius 3 is 2.89 bits per heavy atom. The number of hydrogen-bond donors (Lipinski definition) is 1. The van der Waals surface area contributed by atoms with E-state index in [1.807, 2.05) is 24.0 Å². The number of hydrogen-bond acceptors (Lipinski definition) is 3. The van der Waals surface area contributed by atoms with E-state index < -0.39 is 5.97 Å². The van der Waals surface area contributed by atoms with Gasteiger partial charge in [0.2, 0.25) is 0 Å². The van der Waals surface area contributed by atoms with Crippen LogP contribution in [-0.2, 0) is 4.79 Å². The minimum atomic E-state index is -0.756. The van der Waals surface area contributed by atoms with Crippen molar-refractivity contribution < 1.29 is 14.7 Å². The normalized spacial score (nSPS) is 19.2. The maximum Gasteiger partial charge on any atom is 0.303 e. The lowest BCUT2D eigenvalue weighted by Crippen LogP contribution is -2.28. The molecule has 1 aromatic rings. The van der Waals surface area contributed by atoms with Crippen molar-refractivity contribution in [2.45, 2.75) is 26.2 Å². The first-order valence-electron chi connectivity index (χ1n) is 6.14. The monoisotopic (exact) mass is 267 g/mol. The highest BCUT2D eigenvalue weighted by Crippen LogP contribution is 2.24. The van der Waals surface area contributed by atoms with Gasteiger partial charge < -0.3 is 10.0 Å². The second kappa shape index (κ2) is 5.52. The van der Waals surface area contributed by atoms with Crippen LogP contribution >= 0.6 is 11.3 Å². The molecule has 2 rings (SSSR count). The topological polar surface area (TPSA) is 57.6 Å². The summed E-state index contributed by atoms with van der Waals surface area (Å²) in [6, 6.07) is 3.82. The van der Waals surface area contributed by atoms with Crippen molar-refractivity contribution in [2.75, 3.05) is 13.1 Å². The van der Waals surface area contributed by atoms with Crippen LogP contribution in [0.2, 0.25) is 0 Å². The number of likely N-dealkylation sites (tertiary alicyclic amines) is 1. The Kier molecular flexibility index (Phi) is 4.01. The van der Waals surface area contributed by atoms with Gasteiger partial charge in [-0.15, -0.1) is 11.3 Å². The van der Waals surface area contributed by atoms with Crippen LogP contribution < -0.4 is 0 Å². The summed E-state index contributed by atoms with van der Waals surface area (Å²) in [4.78, 5) is 26.4. The van der Waals surface area contributed by atoms with Crippen LogP contribution in [0.25, 0.3) is 0 Å². The maximum absolute atomic E-state index is 12.2. The summed E-state index contributed by atoms with van der Waals surface area (Å²) >= 11 is 1.52. The third-order valence-electron chi connectivity index (χ3n) is 3.29. The summed E-state index contributed by atoms with van der Waals surface area (Å²) in [6.07, 6.45) is 1.79. The van der Waals surface area contributed by atoms with Gasteiger partial charge in [-0.3, -0.25) is 9.59 Å². The molecule has 1 N–H and O–H groups in total. The molecule has 1 amide bonds. The van der Waals surface area contributed by atoms with E-state index in [0.29, 0.717) is 18.9 Å². The van der Waals surface area contributed by atoms with E-state index in [0.717, 1.165) is 22.7 Å². The van der Waals surface area contributed by atoms with Gasteiger partial charge in [0, 0.05) is 24.4 Å². The predicted octanol–water partition coefficient (Wildman–Crippen LogP) is 2.38. The molecular weight excluding hydrogens is 250 g/mol. The van der Waals surface area contributed by atoms with Gasteiger partial charge in [0.25, 0.3) is 5.91 Å². The van der Waals surface area contributed by atoms with Crippen molar-refractivity contribution in [1.82, 2.24) is 4.90 Å². The van der Waals surface area contributed by atoms with Crippen molar-refractivity contribution in [3.05, 3.63) is 21.9 Å². The molecule has 0 saturated carbocycles. The largest absolute Gasteiger partial charge is 0.481 e. The summed E-state index contributed by atoms with van der Waals surface area (Å²) in [7, 11) is 0. The van der Waals surface area contributed by atoms with Crippen molar-refractivity contribution in [3.8, 4) is 0 Å². The lowest BCUT2D eigenvalue weighted by atomic mass is 10.0. The van der Waals surface area contributed by atoms with Crippen molar-refractivity contribution >= 4 is 23.2 Å². The first-order valence-corrected chi connectivity index (χ1v) is 6.95. The van der Waals surface area contributed by atoms with Crippen LogP contribution in [-0.4, -0.2) is 35.0 Å². The number of aryl methyl sites for hydroxylation is 1. The Balaban J connectivity index is 1.88. The Labute approximate surface area is 110 Å². The zero-order chi connectivity index (χ0) is 13.1. The number of amides is 1. The van der Waals surface area contributed by atoms with E-state index in [9.17, 15) is 9.59 Å². The van der Waals surface area contributed by atoms with Gasteiger partial charge in [0.05, 0.1) is 4.88 Å². The smallest absolute Gasteiger partial charge is 0.303 e. The molecule has 0 aliphatic carbocycles. The number of carboxylic acid groups (broad SMARTS) is 1. The van der Waals surface area contributed by atoms with E-state index in [2.05, 4.69) is 0 Å². The Morgan fingerprint density at radius 1 is 1.50 bits per heavy atom. The van der Waals surface area contributed by atoms with E-state index in [1.54, 1.807) is 0 Å². The van der Waals surface area contributed by atoms with E-state index in [-0.39, 0.29) is 12.3 Å². The summed E-state index contributed by atoms with van der Waals surface area (Å²) in [6.45, 7) is 3.43. The highest BCUT2D eigenvalue weighted by molar-refractivity contribution is 7.13. The molecular formula is C13H17NO3S. The SMILES string of the molecule is Cc1ccc(C(=O)N2CCC(CCC(=O)O)C2)s1. The predicted molar refractivity (Wildman–Crippen MR) is 69.9 cm³/mol. The molecule has 0 radical (unpaired) electrons. The average Bonchev–Trinajstić information content (AvgIpc) is 2.94. The molecule has 1 aliphatic heterocycles. The van der Waals surface area contributed by atoms with Crippen molar-refractivity contribution in [1.29, 1.82) is 0 Å². The van der Waals surface area contributed by atoms with Crippen LogP contribution in [0.4, 0.5) is 0 Å². The zero-order valence-corrected chi connectivity index (χ0v) is 11.2. The fourth-order valence-electron chi connectivity index (χ4n) is 2.29. The first-order chi connectivity index (χ1) is 8.56. The molecule has 1 aromatic heterocycles. The molecule has 2 heterocycles. The Hall–Kier alpha value is -1.36. The number of carbonyl (C=O) groups is 2. The molecule has 1 aliphatic rings. The van der Waals surface area contributed by atoms with Gasteiger partial charge in [-0.1, -0.05) is 0 Å². The average molecular weight is 267 g/mol. The lowest BCUT2D eigenvalue weighted by Gasteiger charge is -2.15. The molecule has 1 saturated heterocycles. The summed E-state index contributed by atoms with van der Waals surface area (Å²) in [5.74, 6) is -0.328. The third-order valence-corrected chi connectivity index (χ3v) is 4.28. The van der Waals surface area contributed by atoms with Crippen LogP contribution in [0.15, 0.2) is 12.1 Å². The molecule has 1 unspecified atom stereocenters.